The number of methoxy groups -OCH3 is 1. The topological polar surface area (TPSA) is 34.4 Å². The average molecular weight is 257 g/mol. The molecule has 19 heavy (non-hydrogen) atoms. The number of aliphatic hydroxyl groups is 1. The van der Waals surface area contributed by atoms with Crippen LogP contribution in [-0.2, 0) is 19.4 Å². The minimum absolute atomic E-state index is 0.340. The van der Waals surface area contributed by atoms with Crippen molar-refractivity contribution < 1.29 is 9.84 Å². The van der Waals surface area contributed by atoms with E-state index in [9.17, 15) is 5.11 Å². The Morgan fingerprint density at radius 2 is 2.05 bits per heavy atom. The second-order valence-corrected chi connectivity index (χ2v) is 5.21. The van der Waals surface area contributed by atoms with E-state index in [2.05, 4.69) is 29.0 Å². The first-order valence-electron chi connectivity index (χ1n) is 6.72. The van der Waals surface area contributed by atoms with Crippen molar-refractivity contribution in [1.29, 1.82) is 0 Å². The Morgan fingerprint density at radius 3 is 2.79 bits per heavy atom. The average Bonchev–Trinajstić information content (AvgIpc) is 2.81. The number of ether oxygens (including phenoxy) is 1. The van der Waals surface area contributed by atoms with Gasteiger partial charge in [-0.2, -0.15) is 0 Å². The fourth-order valence-corrected chi connectivity index (χ4v) is 2.87. The summed E-state index contributed by atoms with van der Waals surface area (Å²) in [6.07, 6.45) is 3.88. The quantitative estimate of drug-likeness (QED) is 0.917. The fourth-order valence-electron chi connectivity index (χ4n) is 2.87. The molecule has 0 unspecified atom stereocenters. The number of aryl methyl sites for hydroxylation is 2. The molecule has 0 aliphatic heterocycles. The Morgan fingerprint density at radius 1 is 1.26 bits per heavy atom. The van der Waals surface area contributed by atoms with E-state index < -0.39 is 0 Å². The van der Waals surface area contributed by atoms with Crippen LogP contribution in [0.1, 0.15) is 18.1 Å². The van der Waals surface area contributed by atoms with E-state index in [1.54, 1.807) is 7.11 Å². The molecule has 0 spiro atoms. The van der Waals surface area contributed by atoms with Gasteiger partial charge >= 0.3 is 0 Å². The number of rotatable bonds is 3. The van der Waals surface area contributed by atoms with Crippen LogP contribution in [0.2, 0.25) is 0 Å². The van der Waals surface area contributed by atoms with Crippen LogP contribution in [0.25, 0.3) is 11.3 Å². The van der Waals surface area contributed by atoms with Crippen LogP contribution in [0, 0.1) is 0 Å². The molecule has 0 fully saturated rings. The summed E-state index contributed by atoms with van der Waals surface area (Å²) < 4.78 is 7.48. The first-order chi connectivity index (χ1) is 9.19. The van der Waals surface area contributed by atoms with Gasteiger partial charge in [-0.05, 0) is 49.1 Å². The molecule has 3 nitrogen and oxygen atoms in total. The van der Waals surface area contributed by atoms with Crippen molar-refractivity contribution in [3.05, 3.63) is 41.6 Å². The molecule has 0 amide bonds. The van der Waals surface area contributed by atoms with Crippen LogP contribution in [0.3, 0.4) is 0 Å². The highest BCUT2D eigenvalue weighted by Gasteiger charge is 2.20. The molecule has 1 heterocycles. The van der Waals surface area contributed by atoms with Crippen molar-refractivity contribution in [3.8, 4) is 17.0 Å². The van der Waals surface area contributed by atoms with Gasteiger partial charge in [0.2, 0.25) is 0 Å². The molecule has 2 aromatic rings. The second-order valence-electron chi connectivity index (χ2n) is 5.21. The first-order valence-corrected chi connectivity index (χ1v) is 6.72. The summed E-state index contributed by atoms with van der Waals surface area (Å²) >= 11 is 0. The highest BCUT2D eigenvalue weighted by atomic mass is 16.5. The highest BCUT2D eigenvalue weighted by Crippen LogP contribution is 2.36. The van der Waals surface area contributed by atoms with Gasteiger partial charge in [-0.3, -0.25) is 0 Å². The summed E-state index contributed by atoms with van der Waals surface area (Å²) in [4.78, 5) is 0. The molecule has 1 aliphatic rings. The number of hydrogen-bond acceptors (Lipinski definition) is 2. The fraction of sp³-hybridized carbons (Fsp3) is 0.375. The van der Waals surface area contributed by atoms with Crippen LogP contribution in [-0.4, -0.2) is 22.9 Å². The molecular formula is C16H19NO2. The van der Waals surface area contributed by atoms with Gasteiger partial charge < -0.3 is 14.4 Å². The molecule has 0 saturated carbocycles. The van der Waals surface area contributed by atoms with E-state index in [-0.39, 0.29) is 6.10 Å². The lowest BCUT2D eigenvalue weighted by Gasteiger charge is -2.21. The number of nitrogens with zero attached hydrogens (tertiary/aromatic N) is 1. The van der Waals surface area contributed by atoms with Gasteiger partial charge in [-0.15, -0.1) is 0 Å². The maximum Gasteiger partial charge on any atom is 0.119 e. The van der Waals surface area contributed by atoms with E-state index in [4.69, 9.17) is 4.74 Å². The van der Waals surface area contributed by atoms with E-state index >= 15 is 0 Å². The number of fused-ring (bicyclic) bond motifs is 3. The summed E-state index contributed by atoms with van der Waals surface area (Å²) in [6.45, 7) is 2.45. The Balaban J connectivity index is 2.12. The van der Waals surface area contributed by atoms with Crippen LogP contribution in [0.4, 0.5) is 0 Å². The first kappa shape index (κ1) is 12.3. The Labute approximate surface area is 113 Å². The summed E-state index contributed by atoms with van der Waals surface area (Å²) in [5.41, 5.74) is 5.20. The smallest absolute Gasteiger partial charge is 0.119 e. The van der Waals surface area contributed by atoms with Crippen LogP contribution in [0.15, 0.2) is 30.5 Å². The monoisotopic (exact) mass is 257 g/mol. The lowest BCUT2D eigenvalue weighted by Crippen LogP contribution is -2.14. The lowest BCUT2D eigenvalue weighted by atomic mass is 9.90. The molecule has 3 heteroatoms. The Kier molecular flexibility index (Phi) is 3.07. The van der Waals surface area contributed by atoms with Crippen molar-refractivity contribution in [3.63, 3.8) is 0 Å². The lowest BCUT2D eigenvalue weighted by molar-refractivity contribution is 0.174. The SMILES string of the molecule is COc1ccc2c(c1)-c1c(ccn1C[C@H](C)O)CC2. The number of benzene rings is 1. The molecule has 0 saturated heterocycles. The van der Waals surface area contributed by atoms with Crippen molar-refractivity contribution in [2.24, 2.45) is 0 Å². The maximum absolute atomic E-state index is 9.63. The summed E-state index contributed by atoms with van der Waals surface area (Å²) in [7, 11) is 1.69. The van der Waals surface area contributed by atoms with Gasteiger partial charge in [0.05, 0.1) is 18.9 Å². The zero-order chi connectivity index (χ0) is 13.4. The third-order valence-electron chi connectivity index (χ3n) is 3.74. The zero-order valence-corrected chi connectivity index (χ0v) is 11.4. The molecule has 1 aliphatic carbocycles. The van der Waals surface area contributed by atoms with Gasteiger partial charge in [0.1, 0.15) is 5.75 Å². The van der Waals surface area contributed by atoms with Crippen molar-refractivity contribution in [1.82, 2.24) is 4.57 Å². The van der Waals surface area contributed by atoms with Gasteiger partial charge in [0, 0.05) is 18.3 Å². The molecule has 100 valence electrons. The molecular weight excluding hydrogens is 238 g/mol. The Hall–Kier alpha value is -1.74. The van der Waals surface area contributed by atoms with Gasteiger partial charge in [-0.1, -0.05) is 6.07 Å². The van der Waals surface area contributed by atoms with E-state index in [1.807, 2.05) is 13.0 Å². The molecule has 1 N–H and O–H groups in total. The molecule has 0 bridgehead atoms. The third-order valence-corrected chi connectivity index (χ3v) is 3.74. The molecule has 1 aromatic carbocycles. The van der Waals surface area contributed by atoms with Crippen molar-refractivity contribution in [2.45, 2.75) is 32.4 Å². The van der Waals surface area contributed by atoms with Gasteiger partial charge in [0.15, 0.2) is 0 Å². The molecule has 3 rings (SSSR count). The normalized spacial score (nSPS) is 14.7. The van der Waals surface area contributed by atoms with E-state index in [0.29, 0.717) is 6.54 Å². The predicted molar refractivity (Wildman–Crippen MR) is 75.5 cm³/mol. The molecule has 1 atom stereocenters. The minimum Gasteiger partial charge on any atom is -0.497 e. The van der Waals surface area contributed by atoms with Crippen LogP contribution < -0.4 is 4.74 Å². The number of aromatic nitrogens is 1. The summed E-state index contributed by atoms with van der Waals surface area (Å²) in [5.74, 6) is 0.886. The standard InChI is InChI=1S/C16H19NO2/c1-11(18)10-17-8-7-13-4-3-12-5-6-14(19-2)9-15(12)16(13)17/h5-9,11,18H,3-4,10H2,1-2H3/t11-/m0/s1. The molecule has 1 aromatic heterocycles. The van der Waals surface area contributed by atoms with E-state index in [0.717, 1.165) is 18.6 Å². The van der Waals surface area contributed by atoms with E-state index in [1.165, 1.54) is 22.4 Å². The molecule has 0 radical (unpaired) electrons. The highest BCUT2D eigenvalue weighted by molar-refractivity contribution is 5.72. The van der Waals surface area contributed by atoms with Gasteiger partial charge in [-0.25, -0.2) is 0 Å². The van der Waals surface area contributed by atoms with Crippen LogP contribution in [0.5, 0.6) is 5.75 Å². The number of aliphatic hydroxyl groups excluding tert-OH is 1. The largest absolute Gasteiger partial charge is 0.497 e. The summed E-state index contributed by atoms with van der Waals surface area (Å²) in [6, 6.07) is 8.44. The number of hydrogen-bond donors (Lipinski definition) is 1. The van der Waals surface area contributed by atoms with Gasteiger partial charge in [0.25, 0.3) is 0 Å². The minimum atomic E-state index is -0.340. The second kappa shape index (κ2) is 4.74. The third kappa shape index (κ3) is 2.15. The maximum atomic E-state index is 9.63. The summed E-state index contributed by atoms with van der Waals surface area (Å²) in [5, 5.41) is 9.63. The zero-order valence-electron chi connectivity index (χ0n) is 11.4. The van der Waals surface area contributed by atoms with Crippen molar-refractivity contribution >= 4 is 0 Å². The predicted octanol–water partition coefficient (Wildman–Crippen LogP) is 2.64. The van der Waals surface area contributed by atoms with Crippen molar-refractivity contribution in [2.75, 3.05) is 7.11 Å². The Bertz CT molecular complexity index is 599. The van der Waals surface area contributed by atoms with Crippen LogP contribution >= 0.6 is 0 Å².